The van der Waals surface area contributed by atoms with Gasteiger partial charge in [-0.25, -0.2) is 4.79 Å². The molecule has 0 aliphatic carbocycles. The topological polar surface area (TPSA) is 46.5 Å². The summed E-state index contributed by atoms with van der Waals surface area (Å²) in [4.78, 5) is 11.3. The van der Waals surface area contributed by atoms with E-state index in [4.69, 9.17) is 0 Å². The third-order valence-corrected chi connectivity index (χ3v) is 2.36. The van der Waals surface area contributed by atoms with E-state index < -0.39 is 11.6 Å². The van der Waals surface area contributed by atoms with Crippen LogP contribution in [0.4, 0.5) is 0 Å². The molecule has 0 aliphatic rings. The normalized spacial score (nSPS) is 13.9. The Morgan fingerprint density at radius 2 is 2.00 bits per heavy atom. The summed E-state index contributed by atoms with van der Waals surface area (Å²) in [7, 11) is 1.25. The Labute approximate surface area is 95.4 Å². The number of hydrogen-bond acceptors (Lipinski definition) is 3. The molecular weight excluding hydrogens is 204 g/mol. The number of aliphatic hydroxyl groups is 1. The van der Waals surface area contributed by atoms with Gasteiger partial charge in [0.1, 0.15) is 0 Å². The Kier molecular flexibility index (Phi) is 3.85. The molecule has 1 aromatic rings. The molecule has 1 N–H and O–H groups in total. The molecule has 0 fully saturated rings. The van der Waals surface area contributed by atoms with Crippen molar-refractivity contribution in [2.24, 2.45) is 0 Å². The van der Waals surface area contributed by atoms with Crippen molar-refractivity contribution in [3.63, 3.8) is 0 Å². The van der Waals surface area contributed by atoms with Crippen LogP contribution in [0.25, 0.3) is 5.57 Å². The highest BCUT2D eigenvalue weighted by Crippen LogP contribution is 2.24. The average Bonchev–Trinajstić information content (AvgIpc) is 2.28. The summed E-state index contributed by atoms with van der Waals surface area (Å²) < 4.78 is 4.52. The van der Waals surface area contributed by atoms with Crippen LogP contribution in [-0.2, 0) is 9.53 Å². The van der Waals surface area contributed by atoms with E-state index in [1.165, 1.54) is 14.0 Å². The van der Waals surface area contributed by atoms with Crippen LogP contribution in [-0.4, -0.2) is 23.8 Å². The molecule has 1 atom stereocenters. The monoisotopic (exact) mass is 220 g/mol. The van der Waals surface area contributed by atoms with E-state index in [1.54, 1.807) is 0 Å². The van der Waals surface area contributed by atoms with Crippen molar-refractivity contribution in [3.8, 4) is 0 Å². The predicted molar refractivity (Wildman–Crippen MR) is 62.7 cm³/mol. The standard InChI is InChI=1S/C13H16O3/c1-10(11-7-5-4-6-8-11)9-13(2,15)12(14)16-3/h4-8,15H,1,9H2,2-3H3. The van der Waals surface area contributed by atoms with E-state index in [2.05, 4.69) is 11.3 Å². The van der Waals surface area contributed by atoms with Crippen molar-refractivity contribution in [3.05, 3.63) is 42.5 Å². The number of esters is 1. The Morgan fingerprint density at radius 3 is 2.50 bits per heavy atom. The summed E-state index contributed by atoms with van der Waals surface area (Å²) in [5.41, 5.74) is 0.0875. The second-order valence-electron chi connectivity index (χ2n) is 3.91. The molecule has 0 aliphatic heterocycles. The third kappa shape index (κ3) is 2.94. The lowest BCUT2D eigenvalue weighted by Gasteiger charge is -2.21. The lowest BCUT2D eigenvalue weighted by Crippen LogP contribution is -2.36. The van der Waals surface area contributed by atoms with Gasteiger partial charge in [0.2, 0.25) is 0 Å². The lowest BCUT2D eigenvalue weighted by atomic mass is 9.93. The van der Waals surface area contributed by atoms with Crippen molar-refractivity contribution >= 4 is 11.5 Å². The fourth-order valence-corrected chi connectivity index (χ4v) is 1.48. The van der Waals surface area contributed by atoms with E-state index in [0.717, 1.165) is 5.56 Å². The quantitative estimate of drug-likeness (QED) is 0.789. The van der Waals surface area contributed by atoms with Gasteiger partial charge in [0, 0.05) is 6.42 Å². The molecule has 0 saturated carbocycles. The van der Waals surface area contributed by atoms with E-state index in [1.807, 2.05) is 30.3 Å². The first-order chi connectivity index (χ1) is 7.47. The van der Waals surface area contributed by atoms with Gasteiger partial charge in [-0.3, -0.25) is 0 Å². The molecule has 0 saturated heterocycles. The van der Waals surface area contributed by atoms with Crippen molar-refractivity contribution < 1.29 is 14.6 Å². The highest BCUT2D eigenvalue weighted by Gasteiger charge is 2.32. The Morgan fingerprint density at radius 1 is 1.44 bits per heavy atom. The molecule has 0 bridgehead atoms. The first-order valence-electron chi connectivity index (χ1n) is 5.01. The Balaban J connectivity index is 2.76. The molecule has 86 valence electrons. The van der Waals surface area contributed by atoms with Gasteiger partial charge in [-0.15, -0.1) is 0 Å². The number of ether oxygens (including phenoxy) is 1. The minimum absolute atomic E-state index is 0.156. The maximum absolute atomic E-state index is 11.3. The fourth-order valence-electron chi connectivity index (χ4n) is 1.48. The van der Waals surface area contributed by atoms with Crippen LogP contribution < -0.4 is 0 Å². The van der Waals surface area contributed by atoms with Crippen LogP contribution in [0.3, 0.4) is 0 Å². The van der Waals surface area contributed by atoms with Crippen molar-refractivity contribution in [2.45, 2.75) is 18.9 Å². The van der Waals surface area contributed by atoms with Crippen LogP contribution >= 0.6 is 0 Å². The van der Waals surface area contributed by atoms with E-state index in [9.17, 15) is 9.90 Å². The number of carbonyl (C=O) groups excluding carboxylic acids is 1. The molecule has 1 rings (SSSR count). The largest absolute Gasteiger partial charge is 0.467 e. The maximum Gasteiger partial charge on any atom is 0.337 e. The molecule has 1 aromatic carbocycles. The highest BCUT2D eigenvalue weighted by molar-refractivity contribution is 5.82. The first-order valence-corrected chi connectivity index (χ1v) is 5.01. The van der Waals surface area contributed by atoms with Gasteiger partial charge in [0.05, 0.1) is 7.11 Å². The van der Waals surface area contributed by atoms with Crippen LogP contribution in [0.5, 0.6) is 0 Å². The molecule has 0 amide bonds. The highest BCUT2D eigenvalue weighted by atomic mass is 16.5. The minimum atomic E-state index is -1.53. The molecule has 0 heterocycles. The molecule has 16 heavy (non-hydrogen) atoms. The van der Waals surface area contributed by atoms with Crippen molar-refractivity contribution in [2.75, 3.05) is 7.11 Å². The number of benzene rings is 1. The zero-order chi connectivity index (χ0) is 12.2. The SMILES string of the molecule is C=C(CC(C)(O)C(=O)OC)c1ccccc1. The summed E-state index contributed by atoms with van der Waals surface area (Å²) in [6.45, 7) is 5.28. The van der Waals surface area contributed by atoms with Gasteiger partial charge >= 0.3 is 5.97 Å². The van der Waals surface area contributed by atoms with Gasteiger partial charge < -0.3 is 9.84 Å². The van der Waals surface area contributed by atoms with Gasteiger partial charge in [0.15, 0.2) is 5.60 Å². The third-order valence-electron chi connectivity index (χ3n) is 2.36. The van der Waals surface area contributed by atoms with Crippen LogP contribution in [0.1, 0.15) is 18.9 Å². The summed E-state index contributed by atoms with van der Waals surface area (Å²) in [6, 6.07) is 9.43. The molecule has 0 radical (unpaired) electrons. The number of hydrogen-bond donors (Lipinski definition) is 1. The molecule has 0 spiro atoms. The molecular formula is C13H16O3. The lowest BCUT2D eigenvalue weighted by molar-refractivity contribution is -0.159. The predicted octanol–water partition coefficient (Wildman–Crippen LogP) is 2.01. The molecule has 1 unspecified atom stereocenters. The van der Waals surface area contributed by atoms with Crippen LogP contribution in [0.15, 0.2) is 36.9 Å². The fraction of sp³-hybridized carbons (Fsp3) is 0.308. The minimum Gasteiger partial charge on any atom is -0.467 e. The van der Waals surface area contributed by atoms with Gasteiger partial charge in [-0.2, -0.15) is 0 Å². The second-order valence-corrected chi connectivity index (χ2v) is 3.91. The smallest absolute Gasteiger partial charge is 0.337 e. The Bertz CT molecular complexity index is 379. The van der Waals surface area contributed by atoms with Crippen LogP contribution in [0.2, 0.25) is 0 Å². The summed E-state index contributed by atoms with van der Waals surface area (Å²) in [5, 5.41) is 9.88. The zero-order valence-corrected chi connectivity index (χ0v) is 9.56. The van der Waals surface area contributed by atoms with E-state index in [0.29, 0.717) is 5.57 Å². The van der Waals surface area contributed by atoms with Gasteiger partial charge in [-0.05, 0) is 18.1 Å². The van der Waals surface area contributed by atoms with Gasteiger partial charge in [-0.1, -0.05) is 36.9 Å². The molecule has 3 heteroatoms. The number of rotatable bonds is 4. The zero-order valence-electron chi connectivity index (χ0n) is 9.56. The molecule has 0 aromatic heterocycles. The van der Waals surface area contributed by atoms with Gasteiger partial charge in [0.25, 0.3) is 0 Å². The number of methoxy groups -OCH3 is 1. The average molecular weight is 220 g/mol. The van der Waals surface area contributed by atoms with Crippen LogP contribution in [0, 0.1) is 0 Å². The van der Waals surface area contributed by atoms with E-state index >= 15 is 0 Å². The first kappa shape index (κ1) is 12.5. The molecule has 3 nitrogen and oxygen atoms in total. The summed E-state index contributed by atoms with van der Waals surface area (Å²) in [5.74, 6) is -0.649. The summed E-state index contributed by atoms with van der Waals surface area (Å²) >= 11 is 0. The van der Waals surface area contributed by atoms with E-state index in [-0.39, 0.29) is 6.42 Å². The summed E-state index contributed by atoms with van der Waals surface area (Å²) in [6.07, 6.45) is 0.156. The number of carbonyl (C=O) groups is 1. The maximum atomic E-state index is 11.3. The van der Waals surface area contributed by atoms with Crippen molar-refractivity contribution in [1.29, 1.82) is 0 Å². The Hall–Kier alpha value is -1.61. The van der Waals surface area contributed by atoms with Crippen molar-refractivity contribution in [1.82, 2.24) is 0 Å². The second kappa shape index (κ2) is 4.94.